The van der Waals surface area contributed by atoms with Crippen molar-refractivity contribution in [3.05, 3.63) is 0 Å². The minimum atomic E-state index is -3.13. The summed E-state index contributed by atoms with van der Waals surface area (Å²) >= 11 is 0. The van der Waals surface area contributed by atoms with E-state index in [1.807, 2.05) is 0 Å². The third kappa shape index (κ3) is 5.54. The Kier molecular flexibility index (Phi) is 6.99. The van der Waals surface area contributed by atoms with Gasteiger partial charge in [-0.05, 0) is 13.8 Å². The van der Waals surface area contributed by atoms with Crippen molar-refractivity contribution in [1.29, 1.82) is 0 Å². The third-order valence-electron chi connectivity index (χ3n) is 1.55. The minimum Gasteiger partial charge on any atom is -0.466 e. The van der Waals surface area contributed by atoms with Crippen molar-refractivity contribution in [1.82, 2.24) is 0 Å². The molecule has 0 fully saturated rings. The topological polar surface area (TPSA) is 89.9 Å². The fourth-order valence-corrected chi connectivity index (χ4v) is 1.53. The van der Waals surface area contributed by atoms with Gasteiger partial charge in [-0.1, -0.05) is 0 Å². The molecule has 0 aromatic rings. The quantitative estimate of drug-likeness (QED) is 0.530. The summed E-state index contributed by atoms with van der Waals surface area (Å²) in [6.07, 6.45) is -0.416. The maximum Gasteiger partial charge on any atom is 0.319 e. The van der Waals surface area contributed by atoms with Gasteiger partial charge in [0.1, 0.15) is 5.66 Å². The van der Waals surface area contributed by atoms with E-state index in [2.05, 4.69) is 9.47 Å². The average molecular weight is 238 g/mol. The second-order valence-electron chi connectivity index (χ2n) is 2.65. The van der Waals surface area contributed by atoms with Crippen LogP contribution in [-0.2, 0) is 23.6 Å². The van der Waals surface area contributed by atoms with Crippen LogP contribution in [0.25, 0.3) is 0 Å². The van der Waals surface area contributed by atoms with Gasteiger partial charge in [0.2, 0.25) is 8.03 Å². The van der Waals surface area contributed by atoms with Crippen molar-refractivity contribution < 1.29 is 28.5 Å². The molecule has 2 atom stereocenters. The summed E-state index contributed by atoms with van der Waals surface area (Å²) in [5, 5.41) is 0. The van der Waals surface area contributed by atoms with E-state index in [0.29, 0.717) is 0 Å². The predicted octanol–water partition coefficient (Wildman–Crippen LogP) is 0.338. The van der Waals surface area contributed by atoms with Gasteiger partial charge in [0.15, 0.2) is 0 Å². The second-order valence-corrected chi connectivity index (χ2v) is 4.03. The zero-order valence-electron chi connectivity index (χ0n) is 8.69. The summed E-state index contributed by atoms with van der Waals surface area (Å²) in [5.41, 5.74) is -1.30. The van der Waals surface area contributed by atoms with E-state index < -0.39 is 32.0 Å². The highest BCUT2D eigenvalue weighted by Crippen LogP contribution is 2.26. The maximum atomic E-state index is 11.2. The van der Waals surface area contributed by atoms with Gasteiger partial charge < -0.3 is 14.4 Å². The minimum absolute atomic E-state index is 0.104. The standard InChI is InChI=1S/C8H15O6P/c1-3-13-7(9)5-6(15(11)12)8(10)14-4-2/h6,15H,3-5H2,1-2H3,(H,11,12). The highest BCUT2D eigenvalue weighted by Gasteiger charge is 2.28. The first-order chi connectivity index (χ1) is 7.02. The molecule has 0 radical (unpaired) electrons. The monoisotopic (exact) mass is 238 g/mol. The molecule has 1 N–H and O–H groups in total. The summed E-state index contributed by atoms with van der Waals surface area (Å²) in [6, 6.07) is 0. The number of ether oxygens (including phenoxy) is 2. The number of carbonyl (C=O) groups excluding carboxylic acids is 2. The lowest BCUT2D eigenvalue weighted by atomic mass is 10.3. The van der Waals surface area contributed by atoms with Crippen molar-refractivity contribution in [3.8, 4) is 0 Å². The SMILES string of the molecule is CCOC(=O)CC(C(=O)OCC)[PH](=O)O. The number of hydrogen-bond donors (Lipinski definition) is 1. The molecule has 0 heterocycles. The molecule has 0 aromatic heterocycles. The molecule has 0 spiro atoms. The molecule has 0 saturated carbocycles. The Balaban J connectivity index is 4.34. The van der Waals surface area contributed by atoms with Crippen LogP contribution in [0.2, 0.25) is 0 Å². The fraction of sp³-hybridized carbons (Fsp3) is 0.750. The fourth-order valence-electron chi connectivity index (χ4n) is 0.901. The molecule has 6 nitrogen and oxygen atoms in total. The van der Waals surface area contributed by atoms with Crippen molar-refractivity contribution in [2.24, 2.45) is 0 Å². The number of carbonyl (C=O) groups is 2. The van der Waals surface area contributed by atoms with Gasteiger partial charge in [-0.3, -0.25) is 14.2 Å². The molecule has 88 valence electrons. The van der Waals surface area contributed by atoms with E-state index in [4.69, 9.17) is 4.89 Å². The maximum absolute atomic E-state index is 11.2. The molecule has 15 heavy (non-hydrogen) atoms. The van der Waals surface area contributed by atoms with Gasteiger partial charge >= 0.3 is 11.9 Å². The van der Waals surface area contributed by atoms with Gasteiger partial charge in [0, 0.05) is 0 Å². The summed E-state index contributed by atoms with van der Waals surface area (Å²) in [7, 11) is -3.13. The third-order valence-corrected chi connectivity index (χ3v) is 2.58. The summed E-state index contributed by atoms with van der Waals surface area (Å²) < 4.78 is 20.0. The Morgan fingerprint density at radius 3 is 2.20 bits per heavy atom. The number of esters is 2. The normalized spacial score (nSPS) is 14.1. The Hall–Kier alpha value is -0.870. The van der Waals surface area contributed by atoms with E-state index in [1.165, 1.54) is 0 Å². The van der Waals surface area contributed by atoms with Crippen LogP contribution in [0, 0.1) is 0 Å². The first-order valence-corrected chi connectivity index (χ1v) is 6.01. The van der Waals surface area contributed by atoms with Crippen LogP contribution in [0.4, 0.5) is 0 Å². The molecule has 0 aromatic carbocycles. The molecule has 2 unspecified atom stereocenters. The van der Waals surface area contributed by atoms with Crippen molar-refractivity contribution >= 4 is 20.0 Å². The first kappa shape index (κ1) is 14.1. The molecule has 0 saturated heterocycles. The second kappa shape index (κ2) is 7.43. The van der Waals surface area contributed by atoms with E-state index in [-0.39, 0.29) is 13.2 Å². The molecule has 0 rings (SSSR count). The Bertz CT molecular complexity index is 252. The zero-order chi connectivity index (χ0) is 11.8. The smallest absolute Gasteiger partial charge is 0.319 e. The van der Waals surface area contributed by atoms with E-state index in [9.17, 15) is 14.2 Å². The lowest BCUT2D eigenvalue weighted by Gasteiger charge is -2.11. The molecule has 0 bridgehead atoms. The van der Waals surface area contributed by atoms with Crippen molar-refractivity contribution in [3.63, 3.8) is 0 Å². The molecular weight excluding hydrogens is 223 g/mol. The van der Waals surface area contributed by atoms with E-state index in [0.717, 1.165) is 0 Å². The van der Waals surface area contributed by atoms with Crippen LogP contribution < -0.4 is 0 Å². The van der Waals surface area contributed by atoms with E-state index in [1.54, 1.807) is 13.8 Å². The van der Waals surface area contributed by atoms with Crippen LogP contribution in [0.3, 0.4) is 0 Å². The van der Waals surface area contributed by atoms with Crippen LogP contribution in [0.5, 0.6) is 0 Å². The Labute approximate surface area is 88.4 Å². The molecule has 7 heteroatoms. The zero-order valence-corrected chi connectivity index (χ0v) is 9.69. The lowest BCUT2D eigenvalue weighted by Crippen LogP contribution is -2.24. The van der Waals surface area contributed by atoms with E-state index >= 15 is 0 Å². The largest absolute Gasteiger partial charge is 0.466 e. The predicted molar refractivity (Wildman–Crippen MR) is 52.9 cm³/mol. The average Bonchev–Trinajstić information content (AvgIpc) is 2.14. The highest BCUT2D eigenvalue weighted by atomic mass is 31.1. The summed E-state index contributed by atoms with van der Waals surface area (Å²) in [4.78, 5) is 31.0. The Morgan fingerprint density at radius 2 is 1.80 bits per heavy atom. The van der Waals surface area contributed by atoms with Gasteiger partial charge in [0.05, 0.1) is 19.6 Å². The molecular formula is C8H15O6P. The first-order valence-electron chi connectivity index (χ1n) is 4.57. The molecule has 0 amide bonds. The molecule has 0 aliphatic carbocycles. The molecule has 0 aliphatic heterocycles. The van der Waals surface area contributed by atoms with Crippen LogP contribution >= 0.6 is 8.03 Å². The lowest BCUT2D eigenvalue weighted by molar-refractivity contribution is -0.149. The van der Waals surface area contributed by atoms with Crippen LogP contribution in [-0.4, -0.2) is 35.7 Å². The van der Waals surface area contributed by atoms with Crippen LogP contribution in [0.15, 0.2) is 0 Å². The van der Waals surface area contributed by atoms with Crippen LogP contribution in [0.1, 0.15) is 20.3 Å². The van der Waals surface area contributed by atoms with Crippen molar-refractivity contribution in [2.75, 3.05) is 13.2 Å². The van der Waals surface area contributed by atoms with Gasteiger partial charge in [-0.2, -0.15) is 0 Å². The van der Waals surface area contributed by atoms with Gasteiger partial charge in [-0.25, -0.2) is 0 Å². The van der Waals surface area contributed by atoms with Gasteiger partial charge in [0.25, 0.3) is 0 Å². The summed E-state index contributed by atoms with van der Waals surface area (Å²) in [5.74, 6) is -1.51. The number of hydrogen-bond acceptors (Lipinski definition) is 5. The highest BCUT2D eigenvalue weighted by molar-refractivity contribution is 7.40. The van der Waals surface area contributed by atoms with Crippen molar-refractivity contribution in [2.45, 2.75) is 25.9 Å². The van der Waals surface area contributed by atoms with Gasteiger partial charge in [-0.15, -0.1) is 0 Å². The Morgan fingerprint density at radius 1 is 1.27 bits per heavy atom. The molecule has 0 aliphatic rings. The number of rotatable bonds is 6. The summed E-state index contributed by atoms with van der Waals surface area (Å²) in [6.45, 7) is 3.46.